The molecule has 2 atom stereocenters. The highest BCUT2D eigenvalue weighted by Crippen LogP contribution is 2.13. The lowest BCUT2D eigenvalue weighted by Gasteiger charge is -2.16. The molecular weight excluding hydrogens is 114 g/mol. The van der Waals surface area contributed by atoms with E-state index in [0.717, 1.165) is 6.42 Å². The highest BCUT2D eigenvalue weighted by Gasteiger charge is 2.25. The molecule has 0 saturated carbocycles. The Morgan fingerprint density at radius 2 is 2.67 bits per heavy atom. The zero-order valence-corrected chi connectivity index (χ0v) is 4.91. The molecule has 2 unspecified atom stereocenters. The SMILES string of the molecule is [C]1N=CCC2NC=NC12. The number of hydrogen-bond donors (Lipinski definition) is 1. The van der Waals surface area contributed by atoms with Crippen LogP contribution >= 0.6 is 0 Å². The van der Waals surface area contributed by atoms with Gasteiger partial charge in [0.2, 0.25) is 0 Å². The minimum Gasteiger partial charge on any atom is -0.371 e. The zero-order valence-electron chi connectivity index (χ0n) is 4.91. The first-order chi connectivity index (χ1) is 4.47. The molecule has 0 bridgehead atoms. The third-order valence-corrected chi connectivity index (χ3v) is 1.56. The summed E-state index contributed by atoms with van der Waals surface area (Å²) in [6.45, 7) is 2.89. The van der Waals surface area contributed by atoms with Crippen LogP contribution in [0.2, 0.25) is 0 Å². The second kappa shape index (κ2) is 1.83. The molecule has 46 valence electrons. The van der Waals surface area contributed by atoms with Crippen molar-refractivity contribution in [3.8, 4) is 0 Å². The Morgan fingerprint density at radius 3 is 3.56 bits per heavy atom. The molecule has 1 N–H and O–H groups in total. The number of fused-ring (bicyclic) bond motifs is 1. The molecule has 0 aromatic heterocycles. The van der Waals surface area contributed by atoms with Gasteiger partial charge in [-0.3, -0.25) is 9.98 Å². The molecule has 3 heteroatoms. The molecule has 2 rings (SSSR count). The average molecular weight is 121 g/mol. The van der Waals surface area contributed by atoms with Gasteiger partial charge in [-0.15, -0.1) is 0 Å². The van der Waals surface area contributed by atoms with Crippen molar-refractivity contribution in [2.45, 2.75) is 18.5 Å². The second-order valence-electron chi connectivity index (χ2n) is 2.17. The van der Waals surface area contributed by atoms with Gasteiger partial charge in [-0.2, -0.15) is 0 Å². The Bertz CT molecular complexity index is 162. The van der Waals surface area contributed by atoms with Gasteiger partial charge in [-0.1, -0.05) is 0 Å². The fraction of sp³-hybridized carbons (Fsp3) is 0.500. The first kappa shape index (κ1) is 4.97. The molecule has 2 aliphatic rings. The molecule has 0 amide bonds. The van der Waals surface area contributed by atoms with E-state index in [2.05, 4.69) is 21.8 Å². The number of nitrogens with one attached hydrogen (secondary N) is 1. The van der Waals surface area contributed by atoms with Crippen LogP contribution in [0.25, 0.3) is 0 Å². The van der Waals surface area contributed by atoms with Gasteiger partial charge >= 0.3 is 0 Å². The largest absolute Gasteiger partial charge is 0.371 e. The van der Waals surface area contributed by atoms with Gasteiger partial charge in [-0.05, 0) is 0 Å². The summed E-state index contributed by atoms with van der Waals surface area (Å²) < 4.78 is 0. The molecule has 0 spiro atoms. The number of rotatable bonds is 0. The summed E-state index contributed by atoms with van der Waals surface area (Å²) >= 11 is 0. The smallest absolute Gasteiger partial charge is 0.144 e. The van der Waals surface area contributed by atoms with Crippen molar-refractivity contribution in [1.29, 1.82) is 0 Å². The van der Waals surface area contributed by atoms with Crippen LogP contribution < -0.4 is 5.32 Å². The summed E-state index contributed by atoms with van der Waals surface area (Å²) in [4.78, 5) is 7.99. The summed E-state index contributed by atoms with van der Waals surface area (Å²) in [5, 5.41) is 3.11. The first-order valence-corrected chi connectivity index (χ1v) is 3.01. The second-order valence-corrected chi connectivity index (χ2v) is 2.17. The van der Waals surface area contributed by atoms with Crippen LogP contribution in [0, 0.1) is 6.54 Å². The molecule has 0 aromatic rings. The van der Waals surface area contributed by atoms with Crippen LogP contribution in [-0.2, 0) is 0 Å². The maximum atomic E-state index is 4.10. The predicted octanol–water partition coefficient (Wildman–Crippen LogP) is -0.132. The predicted molar refractivity (Wildman–Crippen MR) is 35.6 cm³/mol. The Kier molecular flexibility index (Phi) is 1.01. The molecule has 2 radical (unpaired) electrons. The number of aliphatic imine (C=N–C) groups is 2. The van der Waals surface area contributed by atoms with Gasteiger partial charge in [-0.25, -0.2) is 0 Å². The highest BCUT2D eigenvalue weighted by atomic mass is 15.1. The lowest BCUT2D eigenvalue weighted by atomic mass is 10.1. The van der Waals surface area contributed by atoms with E-state index in [4.69, 9.17) is 0 Å². The maximum Gasteiger partial charge on any atom is 0.144 e. The Morgan fingerprint density at radius 1 is 1.67 bits per heavy atom. The van der Waals surface area contributed by atoms with E-state index >= 15 is 0 Å². The van der Waals surface area contributed by atoms with Crippen LogP contribution in [0.1, 0.15) is 6.42 Å². The lowest BCUT2D eigenvalue weighted by Crippen LogP contribution is -2.34. The average Bonchev–Trinajstić information content (AvgIpc) is 2.33. The van der Waals surface area contributed by atoms with Crippen LogP contribution in [0.4, 0.5) is 0 Å². The first-order valence-electron chi connectivity index (χ1n) is 3.01. The van der Waals surface area contributed by atoms with Crippen LogP contribution in [0.5, 0.6) is 0 Å². The monoisotopic (exact) mass is 121 g/mol. The van der Waals surface area contributed by atoms with Crippen LogP contribution in [0.3, 0.4) is 0 Å². The van der Waals surface area contributed by atoms with Crippen molar-refractivity contribution in [1.82, 2.24) is 5.32 Å². The fourth-order valence-electron chi connectivity index (χ4n) is 1.03. The molecule has 2 heterocycles. The number of nitrogens with zero attached hydrogens (tertiary/aromatic N) is 2. The van der Waals surface area contributed by atoms with E-state index in [0.29, 0.717) is 6.04 Å². The van der Waals surface area contributed by atoms with Crippen molar-refractivity contribution in [2.75, 3.05) is 0 Å². The molecule has 2 aliphatic heterocycles. The molecular formula is C6H7N3. The molecule has 3 nitrogen and oxygen atoms in total. The summed E-state index contributed by atoms with van der Waals surface area (Å²) in [7, 11) is 0. The van der Waals surface area contributed by atoms with Gasteiger partial charge in [0, 0.05) is 12.6 Å². The Hall–Kier alpha value is -0.860. The normalized spacial score (nSPS) is 38.2. The van der Waals surface area contributed by atoms with E-state index in [-0.39, 0.29) is 6.04 Å². The standard InChI is InChI=1S/C6H7N3/c1-2-7-3-6-5(1)8-4-9-6/h2,4-6H,1H2,(H,8,9). The summed E-state index contributed by atoms with van der Waals surface area (Å²) in [5.41, 5.74) is 0. The molecule has 0 aromatic carbocycles. The van der Waals surface area contributed by atoms with Crippen molar-refractivity contribution in [3.63, 3.8) is 0 Å². The summed E-state index contributed by atoms with van der Waals surface area (Å²) in [6.07, 6.45) is 4.57. The Balaban J connectivity index is 2.13. The number of hydrogen-bond acceptors (Lipinski definition) is 3. The minimum absolute atomic E-state index is 0.176. The molecule has 9 heavy (non-hydrogen) atoms. The lowest BCUT2D eigenvalue weighted by molar-refractivity contribution is 0.572. The van der Waals surface area contributed by atoms with Gasteiger partial charge < -0.3 is 5.32 Å². The molecule has 0 fully saturated rings. The molecule has 0 aliphatic carbocycles. The van der Waals surface area contributed by atoms with Crippen LogP contribution in [0.15, 0.2) is 9.98 Å². The van der Waals surface area contributed by atoms with E-state index in [1.807, 2.05) is 6.21 Å². The van der Waals surface area contributed by atoms with Crippen molar-refractivity contribution >= 4 is 12.6 Å². The third kappa shape index (κ3) is 0.724. The topological polar surface area (TPSA) is 36.8 Å². The van der Waals surface area contributed by atoms with Gasteiger partial charge in [0.25, 0.3) is 0 Å². The fourth-order valence-corrected chi connectivity index (χ4v) is 1.03. The zero-order chi connectivity index (χ0) is 6.10. The van der Waals surface area contributed by atoms with Gasteiger partial charge in [0.15, 0.2) is 0 Å². The minimum atomic E-state index is 0.176. The quantitative estimate of drug-likeness (QED) is 0.476. The maximum absolute atomic E-state index is 4.10. The van der Waals surface area contributed by atoms with Crippen molar-refractivity contribution in [2.24, 2.45) is 9.98 Å². The van der Waals surface area contributed by atoms with Gasteiger partial charge in [0.1, 0.15) is 12.6 Å². The van der Waals surface area contributed by atoms with E-state index in [9.17, 15) is 0 Å². The summed E-state index contributed by atoms with van der Waals surface area (Å²) in [6, 6.07) is 0.609. The van der Waals surface area contributed by atoms with Crippen LogP contribution in [-0.4, -0.2) is 24.6 Å². The highest BCUT2D eigenvalue weighted by molar-refractivity contribution is 5.66. The van der Waals surface area contributed by atoms with Crippen molar-refractivity contribution in [3.05, 3.63) is 6.54 Å². The van der Waals surface area contributed by atoms with E-state index in [1.54, 1.807) is 6.34 Å². The van der Waals surface area contributed by atoms with Gasteiger partial charge in [0.05, 0.1) is 12.4 Å². The van der Waals surface area contributed by atoms with E-state index in [1.165, 1.54) is 0 Å². The van der Waals surface area contributed by atoms with Crippen molar-refractivity contribution < 1.29 is 0 Å². The van der Waals surface area contributed by atoms with E-state index < -0.39 is 0 Å². The Labute approximate surface area is 53.9 Å². The molecule has 0 saturated heterocycles. The third-order valence-electron chi connectivity index (χ3n) is 1.56. The summed E-state index contributed by atoms with van der Waals surface area (Å²) in [5.74, 6) is 0.